The quantitative estimate of drug-likeness (QED) is 0.147. The standard InChI is InChI=1S/2C22H15Cl2.C2H6Si.2ClH.Zr/c2*1-14-10-17(21-9-7-19(23)13-22(21)24)6-8-20(14)18-11-15-4-2-3-5-16(15)12-18;1-3-2;;;/h2*2-13H,1H3;1-2H3;2*1H;/q;;;;;+2/p-2. The number of hydrogen-bond acceptors (Lipinski definition) is 0. The average molecular weight is 921 g/mol. The fraction of sp³-hybridized carbons (Fsp3) is 0.130. The third-order valence-electron chi connectivity index (χ3n) is 10.6. The van der Waals surface area contributed by atoms with Crippen molar-refractivity contribution < 1.29 is 45.2 Å². The summed E-state index contributed by atoms with van der Waals surface area (Å²) in [6.07, 6.45) is 5.01. The van der Waals surface area contributed by atoms with E-state index in [1.165, 1.54) is 55.7 Å². The topological polar surface area (TPSA) is 0 Å². The van der Waals surface area contributed by atoms with Gasteiger partial charge in [0, 0.05) is 0 Å². The summed E-state index contributed by atoms with van der Waals surface area (Å²) in [5.74, 6) is 0. The Hall–Kier alpha value is -2.36. The van der Waals surface area contributed by atoms with Gasteiger partial charge in [0.25, 0.3) is 0 Å². The molecule has 270 valence electrons. The summed E-state index contributed by atoms with van der Waals surface area (Å²) < 4.78 is 0.858. The molecule has 0 radical (unpaired) electrons. The van der Waals surface area contributed by atoms with Crippen molar-refractivity contribution in [3.63, 3.8) is 0 Å². The normalized spacial score (nSPS) is 15.2. The Balaban J connectivity index is 0.00000249. The van der Waals surface area contributed by atoms with Gasteiger partial charge in [-0.25, -0.2) is 0 Å². The average Bonchev–Trinajstić information content (AvgIpc) is 3.67. The molecule has 2 aliphatic carbocycles. The van der Waals surface area contributed by atoms with Crippen molar-refractivity contribution >= 4 is 75.1 Å². The number of fused-ring (bicyclic) bond motifs is 2. The Labute approximate surface area is 359 Å². The fourth-order valence-corrected chi connectivity index (χ4v) is 29.3. The van der Waals surface area contributed by atoms with Crippen molar-refractivity contribution in [2.45, 2.75) is 34.2 Å². The van der Waals surface area contributed by atoms with E-state index in [1.54, 1.807) is 0 Å². The molecule has 0 amide bonds. The monoisotopic (exact) mass is 916 g/mol. The van der Waals surface area contributed by atoms with Crippen LogP contribution in [0.1, 0.15) is 51.8 Å². The SMILES string of the molecule is Cc1cc(-c2ccc(Cl)cc2Cl)ccc1C1=Cc2ccccc2[CH]1[Zr+2]([CH]1C(c2ccc(-c3ccc(Cl)cc3Cl)cc2C)=Cc2ccccc21)=[Si](C)C.[Cl-].[Cl-]. The van der Waals surface area contributed by atoms with E-state index in [0.29, 0.717) is 27.3 Å². The number of allylic oxidation sites excluding steroid dienone is 2. The van der Waals surface area contributed by atoms with Crippen LogP contribution < -0.4 is 24.8 Å². The molecule has 0 spiro atoms. The Morgan fingerprint density at radius 2 is 0.870 bits per heavy atom. The molecule has 0 heterocycles. The van der Waals surface area contributed by atoms with Crippen LogP contribution in [0.15, 0.2) is 121 Å². The molecule has 2 unspecified atom stereocenters. The molecule has 0 fully saturated rings. The van der Waals surface area contributed by atoms with Crippen molar-refractivity contribution in [2.75, 3.05) is 0 Å². The molecule has 0 nitrogen and oxygen atoms in total. The van der Waals surface area contributed by atoms with Gasteiger partial charge in [0.1, 0.15) is 0 Å². The van der Waals surface area contributed by atoms with E-state index in [4.69, 9.17) is 46.4 Å². The molecular formula is C46H36Cl6SiZr. The van der Waals surface area contributed by atoms with Gasteiger partial charge in [-0.05, 0) is 0 Å². The van der Waals surface area contributed by atoms with Gasteiger partial charge < -0.3 is 24.8 Å². The molecule has 6 aromatic rings. The molecule has 2 atom stereocenters. The molecule has 6 aromatic carbocycles. The summed E-state index contributed by atoms with van der Waals surface area (Å²) in [5.41, 5.74) is 17.5. The third kappa shape index (κ3) is 7.68. The van der Waals surface area contributed by atoms with Gasteiger partial charge in [-0.15, -0.1) is 0 Å². The zero-order valence-corrected chi connectivity index (χ0v) is 38.1. The number of aryl methyl sites for hydroxylation is 2. The van der Waals surface area contributed by atoms with Gasteiger partial charge in [-0.3, -0.25) is 0 Å². The van der Waals surface area contributed by atoms with Gasteiger partial charge >= 0.3 is 338 Å². The molecule has 54 heavy (non-hydrogen) atoms. The van der Waals surface area contributed by atoms with E-state index in [9.17, 15) is 0 Å². The molecular weight excluding hydrogens is 885 g/mol. The van der Waals surface area contributed by atoms with Crippen molar-refractivity contribution in [1.29, 1.82) is 0 Å². The Kier molecular flexibility index (Phi) is 13.0. The van der Waals surface area contributed by atoms with Crippen LogP contribution in [0, 0.1) is 13.8 Å². The van der Waals surface area contributed by atoms with Gasteiger partial charge in [0.2, 0.25) is 0 Å². The molecule has 0 N–H and O–H groups in total. The molecule has 8 rings (SSSR count). The summed E-state index contributed by atoms with van der Waals surface area (Å²) in [6, 6.07) is 43.6. The van der Waals surface area contributed by atoms with Crippen LogP contribution in [0.2, 0.25) is 33.2 Å². The summed E-state index contributed by atoms with van der Waals surface area (Å²) in [7, 11) is 0. The second-order valence-corrected chi connectivity index (χ2v) is 33.6. The van der Waals surface area contributed by atoms with E-state index in [-0.39, 0.29) is 24.8 Å². The Morgan fingerprint density at radius 3 is 1.24 bits per heavy atom. The second kappa shape index (κ2) is 17.0. The van der Waals surface area contributed by atoms with Crippen LogP contribution in [0.25, 0.3) is 45.6 Å². The predicted octanol–water partition coefficient (Wildman–Crippen LogP) is 9.02. The van der Waals surface area contributed by atoms with Crippen LogP contribution in [0.3, 0.4) is 0 Å². The molecule has 0 saturated carbocycles. The summed E-state index contributed by atoms with van der Waals surface area (Å²) in [5, 5.41) is 2.63. The second-order valence-electron chi connectivity index (χ2n) is 14.1. The summed E-state index contributed by atoms with van der Waals surface area (Å²) >= 11 is 23.4. The maximum Gasteiger partial charge on any atom is -1.00 e. The van der Waals surface area contributed by atoms with E-state index in [2.05, 4.69) is 124 Å². The van der Waals surface area contributed by atoms with Gasteiger partial charge in [-0.1, -0.05) is 0 Å². The van der Waals surface area contributed by atoms with Crippen LogP contribution in [0.5, 0.6) is 0 Å². The van der Waals surface area contributed by atoms with Crippen molar-refractivity contribution in [3.8, 4) is 22.3 Å². The van der Waals surface area contributed by atoms with Crippen LogP contribution in [-0.2, 0) is 20.4 Å². The van der Waals surface area contributed by atoms with Crippen molar-refractivity contribution in [2.24, 2.45) is 0 Å². The Bertz CT molecular complexity index is 2360. The Morgan fingerprint density at radius 1 is 0.481 bits per heavy atom. The minimum Gasteiger partial charge on any atom is -1.00 e. The smallest absolute Gasteiger partial charge is 1.00 e. The van der Waals surface area contributed by atoms with Crippen LogP contribution >= 0.6 is 46.4 Å². The van der Waals surface area contributed by atoms with E-state index < -0.39 is 25.8 Å². The van der Waals surface area contributed by atoms with Crippen LogP contribution in [-0.4, -0.2) is 5.43 Å². The van der Waals surface area contributed by atoms with Crippen molar-refractivity contribution in [1.82, 2.24) is 0 Å². The molecule has 0 aromatic heterocycles. The van der Waals surface area contributed by atoms with Gasteiger partial charge in [0.05, 0.1) is 0 Å². The number of hydrogen-bond donors (Lipinski definition) is 0. The largest absolute Gasteiger partial charge is 1.00 e. The maximum absolute atomic E-state index is 6.68. The zero-order valence-electron chi connectivity index (χ0n) is 30.1. The first-order valence-electron chi connectivity index (χ1n) is 17.5. The zero-order chi connectivity index (χ0) is 36.3. The maximum atomic E-state index is 6.68. The first kappa shape index (κ1) is 41.3. The molecule has 0 saturated heterocycles. The fourth-order valence-electron chi connectivity index (χ4n) is 8.29. The van der Waals surface area contributed by atoms with E-state index >= 15 is 0 Å². The first-order valence-corrected chi connectivity index (χ1v) is 28.0. The van der Waals surface area contributed by atoms with Gasteiger partial charge in [-0.2, -0.15) is 0 Å². The predicted molar refractivity (Wildman–Crippen MR) is 225 cm³/mol. The third-order valence-corrected chi connectivity index (χ3v) is 30.9. The number of rotatable bonds is 6. The summed E-state index contributed by atoms with van der Waals surface area (Å²) in [6.45, 7) is 9.69. The number of halogens is 6. The minimum atomic E-state index is -2.51. The van der Waals surface area contributed by atoms with Crippen molar-refractivity contribution in [3.05, 3.63) is 186 Å². The number of benzene rings is 6. The van der Waals surface area contributed by atoms with E-state index in [0.717, 1.165) is 22.3 Å². The molecule has 8 heteroatoms. The van der Waals surface area contributed by atoms with Crippen LogP contribution in [0.4, 0.5) is 0 Å². The molecule has 0 bridgehead atoms. The van der Waals surface area contributed by atoms with E-state index in [1.807, 2.05) is 36.4 Å². The molecule has 2 aliphatic rings. The minimum absolute atomic E-state index is 0. The van der Waals surface area contributed by atoms with Gasteiger partial charge in [0.15, 0.2) is 0 Å². The first-order chi connectivity index (χ1) is 25.1. The molecule has 0 aliphatic heterocycles. The summed E-state index contributed by atoms with van der Waals surface area (Å²) in [4.78, 5) is 0.